The molecule has 0 radical (unpaired) electrons. The van der Waals surface area contributed by atoms with Crippen molar-refractivity contribution in [2.45, 2.75) is 51.6 Å². The Morgan fingerprint density at radius 3 is 2.58 bits per heavy atom. The molecule has 106 valence electrons. The summed E-state index contributed by atoms with van der Waals surface area (Å²) in [7, 11) is 2.24. The summed E-state index contributed by atoms with van der Waals surface area (Å²) in [5, 5.41) is 0. The van der Waals surface area contributed by atoms with Gasteiger partial charge in [-0.2, -0.15) is 0 Å². The summed E-state index contributed by atoms with van der Waals surface area (Å²) in [6, 6.07) is 8.87. The minimum absolute atomic E-state index is 0.211. The molecule has 1 aromatic carbocycles. The Morgan fingerprint density at radius 2 is 2.00 bits per heavy atom. The van der Waals surface area contributed by atoms with Crippen LogP contribution in [0.2, 0.25) is 0 Å². The zero-order chi connectivity index (χ0) is 13.9. The van der Waals surface area contributed by atoms with Gasteiger partial charge in [0.2, 0.25) is 0 Å². The average molecular weight is 260 g/mol. The molecule has 1 aliphatic rings. The third kappa shape index (κ3) is 3.37. The maximum atomic E-state index is 6.14. The van der Waals surface area contributed by atoms with Crippen LogP contribution in [0.15, 0.2) is 24.3 Å². The van der Waals surface area contributed by atoms with Crippen LogP contribution < -0.4 is 5.73 Å². The summed E-state index contributed by atoms with van der Waals surface area (Å²) >= 11 is 0. The predicted molar refractivity (Wildman–Crippen MR) is 82.1 cm³/mol. The summed E-state index contributed by atoms with van der Waals surface area (Å²) in [5.74, 6) is 0.803. The van der Waals surface area contributed by atoms with Gasteiger partial charge in [0.1, 0.15) is 0 Å². The number of aryl methyl sites for hydroxylation is 1. The molecule has 1 saturated carbocycles. The van der Waals surface area contributed by atoms with Crippen LogP contribution in [0.3, 0.4) is 0 Å². The fourth-order valence-electron chi connectivity index (χ4n) is 3.46. The molecule has 0 amide bonds. The first kappa shape index (κ1) is 14.5. The van der Waals surface area contributed by atoms with Gasteiger partial charge in [0, 0.05) is 18.6 Å². The van der Waals surface area contributed by atoms with Gasteiger partial charge in [0.05, 0.1) is 0 Å². The van der Waals surface area contributed by atoms with Crippen LogP contribution in [-0.2, 0) is 6.54 Å². The maximum absolute atomic E-state index is 6.14. The van der Waals surface area contributed by atoms with Gasteiger partial charge >= 0.3 is 0 Å². The predicted octanol–water partition coefficient (Wildman–Crippen LogP) is 3.33. The highest BCUT2D eigenvalue weighted by Gasteiger charge is 2.37. The highest BCUT2D eigenvalue weighted by Crippen LogP contribution is 2.36. The molecule has 2 atom stereocenters. The van der Waals surface area contributed by atoms with Crippen molar-refractivity contribution < 1.29 is 0 Å². The van der Waals surface area contributed by atoms with E-state index in [0.29, 0.717) is 0 Å². The first-order valence-electron chi connectivity index (χ1n) is 7.52. The van der Waals surface area contributed by atoms with Crippen molar-refractivity contribution in [3.8, 4) is 0 Å². The second-order valence-electron chi connectivity index (χ2n) is 6.47. The lowest BCUT2D eigenvalue weighted by Crippen LogP contribution is -2.54. The Balaban J connectivity index is 2.08. The zero-order valence-corrected chi connectivity index (χ0v) is 12.7. The summed E-state index contributed by atoms with van der Waals surface area (Å²) in [6.45, 7) is 6.28. The quantitative estimate of drug-likeness (QED) is 0.899. The molecular formula is C17H28N2. The molecule has 2 rings (SSSR count). The third-order valence-corrected chi connectivity index (χ3v) is 4.80. The summed E-state index contributed by atoms with van der Waals surface area (Å²) in [4.78, 5) is 2.49. The molecule has 2 heteroatoms. The Kier molecular flexibility index (Phi) is 4.64. The summed E-state index contributed by atoms with van der Waals surface area (Å²) < 4.78 is 0. The topological polar surface area (TPSA) is 29.3 Å². The molecule has 0 bridgehead atoms. The van der Waals surface area contributed by atoms with Gasteiger partial charge in [-0.3, -0.25) is 4.90 Å². The molecule has 2 N–H and O–H groups in total. The van der Waals surface area contributed by atoms with Crippen LogP contribution in [0.1, 0.15) is 43.7 Å². The summed E-state index contributed by atoms with van der Waals surface area (Å²) in [6.07, 6.45) is 5.17. The number of hydrogen-bond donors (Lipinski definition) is 1. The van der Waals surface area contributed by atoms with Gasteiger partial charge in [0.25, 0.3) is 0 Å². The zero-order valence-electron chi connectivity index (χ0n) is 12.7. The van der Waals surface area contributed by atoms with Crippen molar-refractivity contribution in [3.05, 3.63) is 35.4 Å². The number of benzene rings is 1. The van der Waals surface area contributed by atoms with Gasteiger partial charge in [-0.15, -0.1) is 0 Å². The van der Waals surface area contributed by atoms with E-state index in [1.807, 2.05) is 0 Å². The standard InChI is InChI=1S/C17H28N2/c1-14-6-8-16(9-7-14)12-19(3)17(13-18)10-4-5-15(2)11-17/h6-9,15H,4-5,10-13,18H2,1-3H3. The highest BCUT2D eigenvalue weighted by atomic mass is 15.2. The van der Waals surface area contributed by atoms with E-state index in [-0.39, 0.29) is 5.54 Å². The van der Waals surface area contributed by atoms with E-state index in [2.05, 4.69) is 50.1 Å². The number of nitrogens with zero attached hydrogens (tertiary/aromatic N) is 1. The van der Waals surface area contributed by atoms with Crippen LogP contribution in [0.25, 0.3) is 0 Å². The van der Waals surface area contributed by atoms with Crippen LogP contribution >= 0.6 is 0 Å². The van der Waals surface area contributed by atoms with Crippen LogP contribution in [0.5, 0.6) is 0 Å². The molecule has 0 spiro atoms. The van der Waals surface area contributed by atoms with Crippen LogP contribution in [-0.4, -0.2) is 24.0 Å². The second kappa shape index (κ2) is 6.06. The van der Waals surface area contributed by atoms with Crippen LogP contribution in [0.4, 0.5) is 0 Å². The van der Waals surface area contributed by atoms with Gasteiger partial charge in [-0.1, -0.05) is 49.6 Å². The first-order chi connectivity index (χ1) is 9.05. The van der Waals surface area contributed by atoms with E-state index in [9.17, 15) is 0 Å². The Hall–Kier alpha value is -0.860. The first-order valence-corrected chi connectivity index (χ1v) is 7.52. The summed E-state index contributed by atoms with van der Waals surface area (Å²) in [5.41, 5.74) is 9.06. The second-order valence-corrected chi connectivity index (χ2v) is 6.47. The smallest absolute Gasteiger partial charge is 0.0334 e. The van der Waals surface area contributed by atoms with E-state index in [1.165, 1.54) is 36.8 Å². The molecular weight excluding hydrogens is 232 g/mol. The van der Waals surface area contributed by atoms with E-state index in [0.717, 1.165) is 19.0 Å². The lowest BCUT2D eigenvalue weighted by molar-refractivity contribution is 0.0554. The van der Waals surface area contributed by atoms with Gasteiger partial charge in [-0.25, -0.2) is 0 Å². The minimum Gasteiger partial charge on any atom is -0.329 e. The maximum Gasteiger partial charge on any atom is 0.0334 e. The van der Waals surface area contributed by atoms with Crippen molar-refractivity contribution in [3.63, 3.8) is 0 Å². The molecule has 2 nitrogen and oxygen atoms in total. The fourth-order valence-corrected chi connectivity index (χ4v) is 3.46. The monoisotopic (exact) mass is 260 g/mol. The molecule has 1 aliphatic carbocycles. The van der Waals surface area contributed by atoms with Crippen LogP contribution in [0, 0.1) is 12.8 Å². The Bertz CT molecular complexity index is 398. The number of hydrogen-bond acceptors (Lipinski definition) is 2. The van der Waals surface area contributed by atoms with Gasteiger partial charge in [-0.05, 0) is 38.3 Å². The van der Waals surface area contributed by atoms with Crippen molar-refractivity contribution in [2.75, 3.05) is 13.6 Å². The molecule has 19 heavy (non-hydrogen) atoms. The average Bonchev–Trinajstić information content (AvgIpc) is 2.41. The molecule has 1 aromatic rings. The van der Waals surface area contributed by atoms with E-state index in [4.69, 9.17) is 5.73 Å². The molecule has 0 heterocycles. The minimum atomic E-state index is 0.211. The largest absolute Gasteiger partial charge is 0.329 e. The molecule has 0 aromatic heterocycles. The van der Waals surface area contributed by atoms with E-state index < -0.39 is 0 Å². The molecule has 0 saturated heterocycles. The number of rotatable bonds is 4. The molecule has 1 fully saturated rings. The molecule has 0 aliphatic heterocycles. The van der Waals surface area contributed by atoms with E-state index >= 15 is 0 Å². The lowest BCUT2D eigenvalue weighted by Gasteiger charge is -2.46. The Morgan fingerprint density at radius 1 is 1.32 bits per heavy atom. The van der Waals surface area contributed by atoms with Crippen molar-refractivity contribution in [1.82, 2.24) is 4.90 Å². The van der Waals surface area contributed by atoms with Gasteiger partial charge in [0.15, 0.2) is 0 Å². The number of likely N-dealkylation sites (N-methyl/N-ethyl adjacent to an activating group) is 1. The lowest BCUT2D eigenvalue weighted by atomic mass is 9.75. The SMILES string of the molecule is Cc1ccc(CN(C)C2(CN)CCCC(C)C2)cc1. The van der Waals surface area contributed by atoms with E-state index in [1.54, 1.807) is 0 Å². The normalized spacial score (nSPS) is 27.7. The fraction of sp³-hybridized carbons (Fsp3) is 0.647. The Labute approximate surface area is 118 Å². The van der Waals surface area contributed by atoms with Crippen molar-refractivity contribution in [2.24, 2.45) is 11.7 Å². The third-order valence-electron chi connectivity index (χ3n) is 4.80. The highest BCUT2D eigenvalue weighted by molar-refractivity contribution is 5.21. The van der Waals surface area contributed by atoms with Gasteiger partial charge < -0.3 is 5.73 Å². The van der Waals surface area contributed by atoms with Crippen molar-refractivity contribution >= 4 is 0 Å². The molecule has 2 unspecified atom stereocenters. The van der Waals surface area contributed by atoms with Crippen molar-refractivity contribution in [1.29, 1.82) is 0 Å². The number of nitrogens with two attached hydrogens (primary N) is 1.